The van der Waals surface area contributed by atoms with Gasteiger partial charge < -0.3 is 36.4 Å². The Morgan fingerprint density at radius 3 is 2.08 bits per heavy atom. The number of likely N-dealkylation sites (N-methyl/N-ethyl adjacent to an activating group) is 1. The molecule has 5 N–H and O–H groups in total. The van der Waals surface area contributed by atoms with Crippen LogP contribution >= 0.6 is 23.2 Å². The van der Waals surface area contributed by atoms with Crippen LogP contribution in [0.5, 0.6) is 0 Å². The molecule has 52 heavy (non-hydrogen) atoms. The third-order valence-electron chi connectivity index (χ3n) is 9.42. The summed E-state index contributed by atoms with van der Waals surface area (Å²) < 4.78 is -1.28. The number of nitrogens with one attached hydrogen (secondary N) is 5. The molecule has 1 aromatic rings. The molecule has 7 amide bonds. The van der Waals surface area contributed by atoms with Crippen LogP contribution in [0.2, 0.25) is 0 Å². The van der Waals surface area contributed by atoms with Crippen molar-refractivity contribution in [3.05, 3.63) is 35.9 Å². The van der Waals surface area contributed by atoms with Crippen molar-refractivity contribution in [2.75, 3.05) is 27.2 Å². The monoisotopic (exact) mass is 763 g/mol. The van der Waals surface area contributed by atoms with Crippen LogP contribution < -0.4 is 26.6 Å². The van der Waals surface area contributed by atoms with Gasteiger partial charge in [0, 0.05) is 38.0 Å². The van der Waals surface area contributed by atoms with E-state index in [1.807, 2.05) is 0 Å². The molecule has 0 bridgehead atoms. The van der Waals surface area contributed by atoms with Gasteiger partial charge in [-0.2, -0.15) is 0 Å². The number of urea groups is 1. The zero-order valence-corrected chi connectivity index (χ0v) is 32.5. The van der Waals surface area contributed by atoms with Crippen LogP contribution in [0.4, 0.5) is 4.79 Å². The molecule has 3 fully saturated rings. The molecule has 1 saturated heterocycles. The second kappa shape index (κ2) is 15.6. The largest absolute Gasteiger partial charge is 0.347 e. The fraction of sp³-hybridized carbons (Fsp3) is 0.639. The normalized spacial score (nSPS) is 22.1. The number of amides is 7. The van der Waals surface area contributed by atoms with Gasteiger partial charge in [-0.25, -0.2) is 4.79 Å². The quantitative estimate of drug-likeness (QED) is 0.150. The number of ketones is 1. The van der Waals surface area contributed by atoms with E-state index in [0.29, 0.717) is 5.56 Å². The van der Waals surface area contributed by atoms with Crippen molar-refractivity contribution in [2.45, 2.75) is 94.8 Å². The Kier molecular flexibility index (Phi) is 12.3. The molecule has 1 aliphatic heterocycles. The van der Waals surface area contributed by atoms with Crippen molar-refractivity contribution in [2.24, 2.45) is 23.2 Å². The van der Waals surface area contributed by atoms with Gasteiger partial charge in [0.2, 0.25) is 29.4 Å². The van der Waals surface area contributed by atoms with Crippen LogP contribution in [-0.2, 0) is 28.8 Å². The number of carbonyl (C=O) groups excluding carboxylic acids is 7. The summed E-state index contributed by atoms with van der Waals surface area (Å²) in [6, 6.07) is 3.58. The second-order valence-electron chi connectivity index (χ2n) is 16.3. The predicted molar refractivity (Wildman–Crippen MR) is 195 cm³/mol. The van der Waals surface area contributed by atoms with E-state index in [4.69, 9.17) is 23.2 Å². The maximum atomic E-state index is 14.1. The van der Waals surface area contributed by atoms with Gasteiger partial charge in [-0.3, -0.25) is 28.8 Å². The SMILES string of the molecule is CN(C)C(=O)C(NC(=O)CNC(=O)C(=O)C(CC1CC1)NC(=O)[C@@H]1[C@@H]2[C@H](CN1C(=O)[C@@H](NC(=O)NC(C)(C)C)C(C)(C)C)C2(Cl)Cl)c1ccccc1. The molecule has 6 atom stereocenters. The van der Waals surface area contributed by atoms with Gasteiger partial charge in [0.25, 0.3) is 5.91 Å². The average Bonchev–Trinajstić information content (AvgIpc) is 3.90. The van der Waals surface area contributed by atoms with Gasteiger partial charge in [-0.15, -0.1) is 23.2 Å². The second-order valence-corrected chi connectivity index (χ2v) is 17.8. The molecule has 14 nitrogen and oxygen atoms in total. The fourth-order valence-corrected chi connectivity index (χ4v) is 7.27. The molecule has 2 aliphatic carbocycles. The van der Waals surface area contributed by atoms with E-state index in [0.717, 1.165) is 12.8 Å². The third-order valence-corrected chi connectivity index (χ3v) is 10.5. The zero-order chi connectivity index (χ0) is 38.9. The topological polar surface area (TPSA) is 186 Å². The van der Waals surface area contributed by atoms with E-state index in [1.165, 1.54) is 9.80 Å². The van der Waals surface area contributed by atoms with Crippen molar-refractivity contribution >= 4 is 64.6 Å². The number of benzene rings is 1. The number of alkyl halides is 2. The maximum Gasteiger partial charge on any atom is 0.315 e. The molecular weight excluding hydrogens is 713 g/mol. The van der Waals surface area contributed by atoms with E-state index >= 15 is 0 Å². The number of fused-ring (bicyclic) bond motifs is 1. The van der Waals surface area contributed by atoms with Crippen LogP contribution in [-0.4, -0.2) is 106 Å². The van der Waals surface area contributed by atoms with Gasteiger partial charge >= 0.3 is 6.03 Å². The van der Waals surface area contributed by atoms with Gasteiger partial charge in [0.05, 0.1) is 12.6 Å². The van der Waals surface area contributed by atoms with Crippen molar-refractivity contribution < 1.29 is 33.6 Å². The zero-order valence-electron chi connectivity index (χ0n) is 31.0. The van der Waals surface area contributed by atoms with Gasteiger partial charge in [-0.05, 0) is 44.1 Å². The predicted octanol–water partition coefficient (Wildman–Crippen LogP) is 2.05. The lowest BCUT2D eigenvalue weighted by Gasteiger charge is -2.38. The van der Waals surface area contributed by atoms with E-state index < -0.39 is 93.3 Å². The van der Waals surface area contributed by atoms with Gasteiger partial charge in [-0.1, -0.05) is 63.9 Å². The number of carbonyl (C=O) groups is 7. The first-order valence-corrected chi connectivity index (χ1v) is 18.2. The summed E-state index contributed by atoms with van der Waals surface area (Å²) in [6.45, 7) is 10.2. The van der Waals surface area contributed by atoms with E-state index in [2.05, 4.69) is 26.6 Å². The first kappa shape index (κ1) is 40.9. The molecule has 1 heterocycles. The molecule has 3 aliphatic rings. The minimum atomic E-state index is -1.28. The van der Waals surface area contributed by atoms with Crippen molar-refractivity contribution in [3.8, 4) is 0 Å². The van der Waals surface area contributed by atoms with Crippen LogP contribution in [0, 0.1) is 23.2 Å². The number of nitrogens with zero attached hydrogens (tertiary/aromatic N) is 2. The van der Waals surface area contributed by atoms with Gasteiger partial charge in [0.1, 0.15) is 22.5 Å². The summed E-state index contributed by atoms with van der Waals surface area (Å²) in [4.78, 5) is 96.0. The van der Waals surface area contributed by atoms with Crippen molar-refractivity contribution in [3.63, 3.8) is 0 Å². The molecular formula is C36H51Cl2N7O7. The lowest BCUT2D eigenvalue weighted by atomic mass is 9.85. The van der Waals surface area contributed by atoms with E-state index in [9.17, 15) is 33.6 Å². The average molecular weight is 765 g/mol. The number of Topliss-reactive ketones (excluding diaryl/α,β-unsaturated/α-hetero) is 1. The summed E-state index contributed by atoms with van der Waals surface area (Å²) in [5.74, 6) is -5.31. The molecule has 286 valence electrons. The third kappa shape index (κ3) is 9.94. The summed E-state index contributed by atoms with van der Waals surface area (Å²) >= 11 is 13.1. The van der Waals surface area contributed by atoms with E-state index in [-0.39, 0.29) is 24.8 Å². The number of likely N-dealkylation sites (tertiary alicyclic amines) is 1. The summed E-state index contributed by atoms with van der Waals surface area (Å²) in [5, 5.41) is 13.2. The maximum absolute atomic E-state index is 14.1. The standard InChI is InChI=1S/C36H51Cl2N7O7/c1-34(2,3)28(42-33(52)43-35(4,5)6)32(51)45-18-21-24(36(21,37)38)26(45)29(48)40-22(16-19-14-15-19)27(47)30(49)39-17-23(46)41-25(31(50)44(7)8)20-12-10-9-11-13-20/h9-13,19,21-22,24-26,28H,14-18H2,1-8H3,(H,39,49)(H,40,48)(H,41,46)(H2,42,43,52)/t21-,22?,24-,25?,26-,28+/m0/s1. The number of halogens is 2. The number of hydrogen-bond donors (Lipinski definition) is 5. The first-order chi connectivity index (χ1) is 24.0. The minimum absolute atomic E-state index is 0.0564. The van der Waals surface area contributed by atoms with Crippen LogP contribution in [0.3, 0.4) is 0 Å². The minimum Gasteiger partial charge on any atom is -0.347 e. The molecule has 1 aromatic carbocycles. The Bertz CT molecular complexity index is 1570. The Balaban J connectivity index is 1.46. The molecule has 0 radical (unpaired) electrons. The lowest BCUT2D eigenvalue weighted by molar-refractivity contribution is -0.145. The van der Waals surface area contributed by atoms with Crippen molar-refractivity contribution in [1.29, 1.82) is 0 Å². The highest BCUT2D eigenvalue weighted by Crippen LogP contribution is 2.65. The number of hydrogen-bond acceptors (Lipinski definition) is 7. The van der Waals surface area contributed by atoms with Crippen LogP contribution in [0.25, 0.3) is 0 Å². The molecule has 2 saturated carbocycles. The Hall–Kier alpha value is -3.91. The van der Waals surface area contributed by atoms with Crippen molar-refractivity contribution in [1.82, 2.24) is 36.4 Å². The summed E-state index contributed by atoms with van der Waals surface area (Å²) in [5.41, 5.74) is -0.786. The Morgan fingerprint density at radius 1 is 0.923 bits per heavy atom. The molecule has 16 heteroatoms. The first-order valence-electron chi connectivity index (χ1n) is 17.5. The molecule has 0 spiro atoms. The highest BCUT2D eigenvalue weighted by Gasteiger charge is 2.74. The van der Waals surface area contributed by atoms with Gasteiger partial charge in [0.15, 0.2) is 0 Å². The lowest BCUT2D eigenvalue weighted by Crippen LogP contribution is -2.62. The highest BCUT2D eigenvalue weighted by molar-refractivity contribution is 6.51. The molecule has 4 rings (SSSR count). The number of rotatable bonds is 13. The fourth-order valence-electron chi connectivity index (χ4n) is 6.44. The van der Waals surface area contributed by atoms with Crippen LogP contribution in [0.1, 0.15) is 72.4 Å². The van der Waals surface area contributed by atoms with E-state index in [1.54, 1.807) is 86.0 Å². The molecule has 2 unspecified atom stereocenters. The highest BCUT2D eigenvalue weighted by atomic mass is 35.5. The summed E-state index contributed by atoms with van der Waals surface area (Å²) in [6.07, 6.45) is 1.80. The van der Waals surface area contributed by atoms with Crippen LogP contribution in [0.15, 0.2) is 30.3 Å². The smallest absolute Gasteiger partial charge is 0.315 e. The Labute approximate surface area is 314 Å². The molecule has 0 aromatic heterocycles. The number of piperidine rings is 1. The summed E-state index contributed by atoms with van der Waals surface area (Å²) in [7, 11) is 3.10. The Morgan fingerprint density at radius 2 is 1.54 bits per heavy atom.